The number of hydrogen-bond acceptors (Lipinski definition) is 3. The molecular formula is C8H6N2O. The normalized spacial score (nSPS) is 8.64. The second kappa shape index (κ2) is 3.47. The van der Waals surface area contributed by atoms with E-state index in [0.29, 0.717) is 5.56 Å². The summed E-state index contributed by atoms with van der Waals surface area (Å²) in [5.41, 5.74) is 0.463. The minimum atomic E-state index is -0.117. The number of aromatic nitrogens is 2. The summed E-state index contributed by atoms with van der Waals surface area (Å²) in [5, 5.41) is 0. The van der Waals surface area contributed by atoms with Gasteiger partial charge in [-0.3, -0.25) is 4.79 Å². The molecule has 1 aromatic heterocycles. The number of nitrogens with zero attached hydrogens (tertiary/aromatic N) is 2. The maximum atomic E-state index is 11.0. The number of rotatable bonds is 2. The largest absolute Gasteiger partial charge is 0.293 e. The molecule has 0 aliphatic heterocycles. The molecule has 0 atom stereocenters. The van der Waals surface area contributed by atoms with E-state index in [4.69, 9.17) is 6.42 Å². The molecule has 0 aliphatic rings. The zero-order valence-corrected chi connectivity index (χ0v) is 5.82. The predicted octanol–water partition coefficient (Wildman–Crippen LogP) is 0.683. The van der Waals surface area contributed by atoms with E-state index in [2.05, 4.69) is 15.9 Å². The summed E-state index contributed by atoms with van der Waals surface area (Å²) < 4.78 is 0. The summed E-state index contributed by atoms with van der Waals surface area (Å²) in [6.07, 6.45) is 9.33. The summed E-state index contributed by atoms with van der Waals surface area (Å²) in [4.78, 5) is 18.4. The molecule has 0 aliphatic carbocycles. The number of terminal acetylenes is 1. The fourth-order valence-corrected chi connectivity index (χ4v) is 0.638. The molecule has 0 spiro atoms. The van der Waals surface area contributed by atoms with Gasteiger partial charge in [0.15, 0.2) is 5.78 Å². The van der Waals surface area contributed by atoms with E-state index in [1.54, 1.807) is 0 Å². The van der Waals surface area contributed by atoms with Gasteiger partial charge in [-0.1, -0.05) is 5.92 Å². The third-order valence-corrected chi connectivity index (χ3v) is 1.15. The van der Waals surface area contributed by atoms with Crippen LogP contribution in [-0.2, 0) is 0 Å². The molecule has 0 fully saturated rings. The van der Waals surface area contributed by atoms with Crippen molar-refractivity contribution >= 4 is 5.78 Å². The first kappa shape index (κ1) is 7.42. The molecule has 3 heteroatoms. The molecule has 1 rings (SSSR count). The average Bonchev–Trinajstić information content (AvgIpc) is 2.07. The van der Waals surface area contributed by atoms with Crippen LogP contribution in [0, 0.1) is 12.3 Å². The monoisotopic (exact) mass is 146 g/mol. The average molecular weight is 146 g/mol. The second-order valence-corrected chi connectivity index (χ2v) is 1.93. The number of hydrogen-bond donors (Lipinski definition) is 0. The Morgan fingerprint density at radius 3 is 2.73 bits per heavy atom. The van der Waals surface area contributed by atoms with Gasteiger partial charge >= 0.3 is 0 Å². The molecule has 54 valence electrons. The third kappa shape index (κ3) is 1.87. The van der Waals surface area contributed by atoms with Gasteiger partial charge in [0, 0.05) is 12.4 Å². The van der Waals surface area contributed by atoms with Gasteiger partial charge in [-0.15, -0.1) is 6.42 Å². The van der Waals surface area contributed by atoms with Crippen molar-refractivity contribution in [1.82, 2.24) is 9.97 Å². The Morgan fingerprint density at radius 1 is 1.55 bits per heavy atom. The molecule has 11 heavy (non-hydrogen) atoms. The van der Waals surface area contributed by atoms with Crippen molar-refractivity contribution in [3.8, 4) is 12.3 Å². The summed E-state index contributed by atoms with van der Waals surface area (Å²) in [6, 6.07) is 0. The van der Waals surface area contributed by atoms with E-state index in [1.165, 1.54) is 18.7 Å². The van der Waals surface area contributed by atoms with Crippen molar-refractivity contribution in [1.29, 1.82) is 0 Å². The number of carbonyl (C=O) groups is 1. The van der Waals surface area contributed by atoms with E-state index in [-0.39, 0.29) is 12.2 Å². The van der Waals surface area contributed by atoms with Crippen LogP contribution in [0.2, 0.25) is 0 Å². The second-order valence-electron chi connectivity index (χ2n) is 1.93. The molecule has 3 nitrogen and oxygen atoms in total. The molecule has 1 aromatic rings. The van der Waals surface area contributed by atoms with E-state index < -0.39 is 0 Å². The highest BCUT2D eigenvalue weighted by Gasteiger charge is 2.02. The summed E-state index contributed by atoms with van der Waals surface area (Å²) in [7, 11) is 0. The molecule has 0 unspecified atom stereocenters. The number of ketones is 1. The summed E-state index contributed by atoms with van der Waals surface area (Å²) in [6.45, 7) is 0. The Balaban J connectivity index is 2.79. The van der Waals surface area contributed by atoms with Gasteiger partial charge in [-0.25, -0.2) is 9.97 Å². The van der Waals surface area contributed by atoms with Gasteiger partial charge in [0.1, 0.15) is 6.33 Å². The topological polar surface area (TPSA) is 42.9 Å². The minimum absolute atomic E-state index is 0.105. The summed E-state index contributed by atoms with van der Waals surface area (Å²) >= 11 is 0. The number of carbonyl (C=O) groups excluding carboxylic acids is 1. The Bertz CT molecular complexity index is 287. The van der Waals surface area contributed by atoms with E-state index >= 15 is 0 Å². The van der Waals surface area contributed by atoms with Crippen LogP contribution in [0.1, 0.15) is 16.8 Å². The van der Waals surface area contributed by atoms with Crippen LogP contribution < -0.4 is 0 Å². The fourth-order valence-electron chi connectivity index (χ4n) is 0.638. The molecule has 0 aromatic carbocycles. The standard InChI is InChI=1S/C8H6N2O/c1-2-3-8(11)7-4-9-6-10-5-7/h1,4-6H,3H2. The van der Waals surface area contributed by atoms with Crippen molar-refractivity contribution in [2.24, 2.45) is 0 Å². The van der Waals surface area contributed by atoms with Crippen LogP contribution in [0.25, 0.3) is 0 Å². The van der Waals surface area contributed by atoms with Gasteiger partial charge in [-0.2, -0.15) is 0 Å². The molecule has 0 N–H and O–H groups in total. The minimum Gasteiger partial charge on any atom is -0.293 e. The van der Waals surface area contributed by atoms with E-state index in [1.807, 2.05) is 0 Å². The van der Waals surface area contributed by atoms with Crippen molar-refractivity contribution in [2.45, 2.75) is 6.42 Å². The quantitative estimate of drug-likeness (QED) is 0.455. The molecule has 0 saturated carbocycles. The lowest BCUT2D eigenvalue weighted by Crippen LogP contribution is -1.98. The van der Waals surface area contributed by atoms with Crippen molar-refractivity contribution in [3.05, 3.63) is 24.3 Å². The smallest absolute Gasteiger partial charge is 0.177 e. The number of Topliss-reactive ketones (excluding diaryl/α,β-unsaturated/α-hetero) is 1. The van der Waals surface area contributed by atoms with Crippen LogP contribution in [-0.4, -0.2) is 15.8 Å². The van der Waals surface area contributed by atoms with Gasteiger partial charge in [0.25, 0.3) is 0 Å². The van der Waals surface area contributed by atoms with Crippen molar-refractivity contribution in [3.63, 3.8) is 0 Å². The highest BCUT2D eigenvalue weighted by atomic mass is 16.1. The Hall–Kier alpha value is -1.69. The van der Waals surface area contributed by atoms with Crippen LogP contribution in [0.15, 0.2) is 18.7 Å². The molecule has 0 saturated heterocycles. The van der Waals surface area contributed by atoms with Gasteiger partial charge in [-0.05, 0) is 0 Å². The Labute approximate surface area is 64.5 Å². The van der Waals surface area contributed by atoms with Crippen LogP contribution in [0.4, 0.5) is 0 Å². The zero-order valence-electron chi connectivity index (χ0n) is 5.82. The highest BCUT2D eigenvalue weighted by molar-refractivity contribution is 5.96. The van der Waals surface area contributed by atoms with Crippen molar-refractivity contribution < 1.29 is 4.79 Å². The molecule has 0 bridgehead atoms. The first-order valence-electron chi connectivity index (χ1n) is 3.06. The maximum absolute atomic E-state index is 11.0. The fraction of sp³-hybridized carbons (Fsp3) is 0.125. The Kier molecular flexibility index (Phi) is 2.34. The summed E-state index contributed by atoms with van der Waals surface area (Å²) in [5.74, 6) is 2.14. The molecule has 0 amide bonds. The van der Waals surface area contributed by atoms with Crippen LogP contribution >= 0.6 is 0 Å². The van der Waals surface area contributed by atoms with Crippen molar-refractivity contribution in [2.75, 3.05) is 0 Å². The van der Waals surface area contributed by atoms with Crippen LogP contribution in [0.3, 0.4) is 0 Å². The molecule has 1 heterocycles. The lowest BCUT2D eigenvalue weighted by Gasteiger charge is -1.91. The zero-order chi connectivity index (χ0) is 8.10. The third-order valence-electron chi connectivity index (χ3n) is 1.15. The lowest BCUT2D eigenvalue weighted by molar-refractivity contribution is 0.0997. The van der Waals surface area contributed by atoms with Gasteiger partial charge in [0.05, 0.1) is 12.0 Å². The molecule has 0 radical (unpaired) electrons. The first-order valence-corrected chi connectivity index (χ1v) is 3.06. The Morgan fingerprint density at radius 2 is 2.18 bits per heavy atom. The van der Waals surface area contributed by atoms with Gasteiger partial charge in [0.2, 0.25) is 0 Å². The van der Waals surface area contributed by atoms with E-state index in [0.717, 1.165) is 0 Å². The van der Waals surface area contributed by atoms with Crippen LogP contribution in [0.5, 0.6) is 0 Å². The van der Waals surface area contributed by atoms with E-state index in [9.17, 15) is 4.79 Å². The maximum Gasteiger partial charge on any atom is 0.177 e. The first-order chi connectivity index (χ1) is 5.34. The predicted molar refractivity (Wildman–Crippen MR) is 39.8 cm³/mol. The highest BCUT2D eigenvalue weighted by Crippen LogP contribution is 1.97. The molecular weight excluding hydrogens is 140 g/mol. The SMILES string of the molecule is C#CCC(=O)c1cncnc1. The van der Waals surface area contributed by atoms with Gasteiger partial charge < -0.3 is 0 Å². The lowest BCUT2D eigenvalue weighted by atomic mass is 10.2.